The predicted molar refractivity (Wildman–Crippen MR) is 139 cm³/mol. The highest BCUT2D eigenvalue weighted by atomic mass is 16.5. The molecule has 38 heavy (non-hydrogen) atoms. The number of rotatable bonds is 8. The number of carbonyl (C=O) groups excluding carboxylic acids is 2. The molecule has 3 aromatic rings. The third kappa shape index (κ3) is 5.74. The number of carboxylic acids is 1. The second kappa shape index (κ2) is 11.3. The Hall–Kier alpha value is -4.47. The van der Waals surface area contributed by atoms with Crippen molar-refractivity contribution in [2.24, 2.45) is 0 Å². The van der Waals surface area contributed by atoms with Crippen LogP contribution in [-0.4, -0.2) is 51.0 Å². The van der Waals surface area contributed by atoms with Crippen LogP contribution in [0.15, 0.2) is 54.7 Å². The van der Waals surface area contributed by atoms with Gasteiger partial charge in [-0.1, -0.05) is 48.9 Å². The van der Waals surface area contributed by atoms with Gasteiger partial charge < -0.3 is 14.7 Å². The zero-order chi connectivity index (χ0) is 26.5. The van der Waals surface area contributed by atoms with E-state index in [0.29, 0.717) is 31.0 Å². The molecule has 1 saturated heterocycles. The monoisotopic (exact) mass is 515 g/mol. The summed E-state index contributed by atoms with van der Waals surface area (Å²) in [6, 6.07) is 15.1. The lowest BCUT2D eigenvalue weighted by molar-refractivity contribution is -0.136. The number of hydrogen-bond donors (Lipinski definition) is 2. The Labute approximate surface area is 220 Å². The molecule has 0 bridgehead atoms. The average molecular weight is 516 g/mol. The molecule has 1 aromatic heterocycles. The van der Waals surface area contributed by atoms with Gasteiger partial charge in [-0.25, -0.2) is 4.98 Å². The van der Waals surface area contributed by atoms with Gasteiger partial charge in [0.1, 0.15) is 12.2 Å². The van der Waals surface area contributed by atoms with Gasteiger partial charge in [0.05, 0.1) is 6.42 Å². The molecule has 2 aromatic carbocycles. The van der Waals surface area contributed by atoms with Crippen molar-refractivity contribution in [3.8, 4) is 5.88 Å². The molecule has 3 heterocycles. The van der Waals surface area contributed by atoms with Gasteiger partial charge in [0.2, 0.25) is 17.7 Å². The largest absolute Gasteiger partial charge is 0.481 e. The number of hydrogen-bond acceptors (Lipinski definition) is 7. The number of amides is 2. The molecule has 2 N–H and O–H groups in total. The van der Waals surface area contributed by atoms with E-state index in [4.69, 9.17) is 9.84 Å². The van der Waals surface area contributed by atoms with E-state index in [1.165, 1.54) is 16.8 Å². The first-order valence-corrected chi connectivity index (χ1v) is 12.7. The molecule has 0 saturated carbocycles. The zero-order valence-corrected chi connectivity index (χ0v) is 20.9. The highest BCUT2D eigenvalue weighted by molar-refractivity contribution is 5.97. The summed E-state index contributed by atoms with van der Waals surface area (Å²) in [4.78, 5) is 47.7. The van der Waals surface area contributed by atoms with Gasteiger partial charge in [-0.3, -0.25) is 24.8 Å². The molecule has 2 aliphatic rings. The fourth-order valence-corrected chi connectivity index (χ4v) is 4.66. The summed E-state index contributed by atoms with van der Waals surface area (Å²) in [7, 11) is 0. The van der Waals surface area contributed by atoms with E-state index >= 15 is 0 Å². The number of anilines is 2. The first-order chi connectivity index (χ1) is 18.5. The van der Waals surface area contributed by atoms with Gasteiger partial charge in [-0.05, 0) is 42.0 Å². The third-order valence-electron chi connectivity index (χ3n) is 6.68. The van der Waals surface area contributed by atoms with Crippen LogP contribution in [0.3, 0.4) is 0 Å². The number of hydrazine groups is 1. The fourth-order valence-electron chi connectivity index (χ4n) is 4.66. The maximum absolute atomic E-state index is 13.2. The van der Waals surface area contributed by atoms with E-state index in [0.717, 1.165) is 36.9 Å². The number of aliphatic carboxylic acids is 1. The van der Waals surface area contributed by atoms with E-state index in [-0.39, 0.29) is 30.4 Å². The number of nitrogens with one attached hydrogen (secondary N) is 1. The Morgan fingerprint density at radius 1 is 0.974 bits per heavy atom. The van der Waals surface area contributed by atoms with E-state index < -0.39 is 11.9 Å². The topological polar surface area (TPSA) is 125 Å². The quantitative estimate of drug-likeness (QED) is 0.468. The van der Waals surface area contributed by atoms with Crippen LogP contribution in [0.25, 0.3) is 0 Å². The summed E-state index contributed by atoms with van der Waals surface area (Å²) in [6.07, 6.45) is 5.19. The van der Waals surface area contributed by atoms with Gasteiger partial charge >= 0.3 is 5.97 Å². The Balaban J connectivity index is 1.40. The van der Waals surface area contributed by atoms with Gasteiger partial charge in [-0.15, -0.1) is 0 Å². The highest BCUT2D eigenvalue weighted by Gasteiger charge is 2.26. The second-order valence-electron chi connectivity index (χ2n) is 9.39. The van der Waals surface area contributed by atoms with Gasteiger partial charge in [0.25, 0.3) is 5.91 Å². The molecule has 2 aliphatic heterocycles. The Kier molecular flexibility index (Phi) is 7.48. The molecule has 0 aliphatic carbocycles. The molecule has 0 radical (unpaired) electrons. The molecule has 2 amide bonds. The summed E-state index contributed by atoms with van der Waals surface area (Å²) in [5, 5.41) is 10.4. The van der Waals surface area contributed by atoms with Crippen LogP contribution in [0.1, 0.15) is 52.7 Å². The maximum atomic E-state index is 13.2. The predicted octanol–water partition coefficient (Wildman–Crippen LogP) is 3.42. The van der Waals surface area contributed by atoms with Crippen molar-refractivity contribution in [2.45, 2.75) is 45.1 Å². The van der Waals surface area contributed by atoms with Crippen molar-refractivity contribution < 1.29 is 24.2 Å². The first kappa shape index (κ1) is 25.2. The highest BCUT2D eigenvalue weighted by Crippen LogP contribution is 2.33. The van der Waals surface area contributed by atoms with E-state index in [1.54, 1.807) is 24.3 Å². The smallest absolute Gasteiger partial charge is 0.307 e. The Morgan fingerprint density at radius 3 is 2.58 bits per heavy atom. The minimum Gasteiger partial charge on any atom is -0.481 e. The summed E-state index contributed by atoms with van der Waals surface area (Å²) < 4.78 is 6.04. The minimum atomic E-state index is -0.899. The Morgan fingerprint density at radius 2 is 1.76 bits per heavy atom. The number of nitrogens with zero attached hydrogens (tertiary/aromatic N) is 4. The van der Waals surface area contributed by atoms with Crippen molar-refractivity contribution in [1.82, 2.24) is 20.4 Å². The van der Waals surface area contributed by atoms with E-state index in [9.17, 15) is 14.4 Å². The van der Waals surface area contributed by atoms with Crippen molar-refractivity contribution >= 4 is 29.4 Å². The lowest BCUT2D eigenvalue weighted by Crippen LogP contribution is -2.46. The van der Waals surface area contributed by atoms with Crippen LogP contribution in [0, 0.1) is 0 Å². The van der Waals surface area contributed by atoms with Crippen molar-refractivity contribution in [2.75, 3.05) is 18.0 Å². The van der Waals surface area contributed by atoms with Crippen LogP contribution < -0.4 is 15.1 Å². The molecular weight excluding hydrogens is 486 g/mol. The molecular formula is C28H29N5O5. The summed E-state index contributed by atoms with van der Waals surface area (Å²) in [5.74, 6) is -1.01. The van der Waals surface area contributed by atoms with E-state index in [2.05, 4.69) is 21.5 Å². The number of para-hydroxylation sites is 1. The van der Waals surface area contributed by atoms with Crippen molar-refractivity contribution in [3.63, 3.8) is 0 Å². The molecule has 10 heteroatoms. The molecule has 0 spiro atoms. The van der Waals surface area contributed by atoms with E-state index in [1.807, 2.05) is 23.1 Å². The number of aromatic nitrogens is 2. The number of benzene rings is 2. The van der Waals surface area contributed by atoms with Gasteiger partial charge in [-0.2, -0.15) is 4.98 Å². The van der Waals surface area contributed by atoms with Crippen LogP contribution in [0.5, 0.6) is 5.88 Å². The molecule has 0 atom stereocenters. The molecule has 196 valence electrons. The van der Waals surface area contributed by atoms with Gasteiger partial charge in [0.15, 0.2) is 0 Å². The van der Waals surface area contributed by atoms with Crippen LogP contribution in [-0.2, 0) is 29.0 Å². The summed E-state index contributed by atoms with van der Waals surface area (Å²) in [6.45, 7) is 1.27. The van der Waals surface area contributed by atoms with Crippen LogP contribution >= 0.6 is 0 Å². The van der Waals surface area contributed by atoms with Gasteiger partial charge in [0, 0.05) is 31.4 Å². The molecule has 1 fully saturated rings. The maximum Gasteiger partial charge on any atom is 0.307 e. The standard InChI is InChI=1S/C28H29N5O5/c34-24-8-2-1-5-14-33(24)31-26(37)22-17-29-28(32-15-13-21-6-3-4-7-23(21)32)30-27(22)38-18-20-11-9-19(10-12-20)16-25(35)36/h3-4,6-7,9-12,17H,1-2,5,8,13-16,18H2,(H,31,37)(H,35,36). The third-order valence-corrected chi connectivity index (χ3v) is 6.68. The lowest BCUT2D eigenvalue weighted by Gasteiger charge is -2.22. The van der Waals surface area contributed by atoms with Crippen molar-refractivity contribution in [1.29, 1.82) is 0 Å². The zero-order valence-electron chi connectivity index (χ0n) is 20.9. The normalized spacial score (nSPS) is 15.1. The van der Waals surface area contributed by atoms with Crippen molar-refractivity contribution in [3.05, 3.63) is 77.0 Å². The van der Waals surface area contributed by atoms with Crippen LogP contribution in [0.2, 0.25) is 0 Å². The number of carboxylic acid groups (broad SMARTS) is 1. The first-order valence-electron chi connectivity index (χ1n) is 12.7. The lowest BCUT2D eigenvalue weighted by atomic mass is 10.1. The summed E-state index contributed by atoms with van der Waals surface area (Å²) in [5.41, 5.74) is 6.52. The second-order valence-corrected chi connectivity index (χ2v) is 9.39. The fraction of sp³-hybridized carbons (Fsp3) is 0.321. The summed E-state index contributed by atoms with van der Waals surface area (Å²) >= 11 is 0. The number of fused-ring (bicyclic) bond motifs is 1. The molecule has 0 unspecified atom stereocenters. The van der Waals surface area contributed by atoms with Crippen LogP contribution in [0.4, 0.5) is 11.6 Å². The average Bonchev–Trinajstić information content (AvgIpc) is 3.25. The number of carbonyl (C=O) groups is 3. The SMILES string of the molecule is O=C(O)Cc1ccc(COc2nc(N3CCc4ccccc43)ncc2C(=O)NN2CCCCCC2=O)cc1. The Bertz CT molecular complexity index is 1340. The molecule has 5 rings (SSSR count). The minimum absolute atomic E-state index is 0.0622. The number of ether oxygens (including phenoxy) is 1. The molecule has 10 nitrogen and oxygen atoms in total.